The van der Waals surface area contributed by atoms with Gasteiger partial charge in [0.15, 0.2) is 0 Å². The molecule has 0 radical (unpaired) electrons. The largest absolute Gasteiger partial charge is 0.360 e. The highest BCUT2D eigenvalue weighted by atomic mass is 35.5. The fraction of sp³-hybridized carbons (Fsp3) is 0. The topological polar surface area (TPSA) is 86.0 Å². The number of hydrogen-bond donors (Lipinski definition) is 4. The van der Waals surface area contributed by atoms with Gasteiger partial charge < -0.3 is 10.3 Å². The molecule has 4 N–H and O–H groups in total. The molecular formula is C16H12Cl2N4O2. The average molecular weight is 363 g/mol. The highest BCUT2D eigenvalue weighted by molar-refractivity contribution is 6.42. The first kappa shape index (κ1) is 16.2. The summed E-state index contributed by atoms with van der Waals surface area (Å²) in [5.74, 6) is -0.434. The first-order valence-electron chi connectivity index (χ1n) is 6.93. The van der Waals surface area contributed by atoms with Gasteiger partial charge in [-0.15, -0.1) is 0 Å². The molecule has 2 aromatic carbocycles. The number of carbonyl (C=O) groups is 2. The second-order valence-electron chi connectivity index (χ2n) is 4.91. The number of rotatable bonds is 2. The van der Waals surface area contributed by atoms with Crippen molar-refractivity contribution in [1.82, 2.24) is 15.8 Å². The Morgan fingerprint density at radius 3 is 2.54 bits per heavy atom. The van der Waals surface area contributed by atoms with E-state index in [4.69, 9.17) is 23.2 Å². The summed E-state index contributed by atoms with van der Waals surface area (Å²) in [5, 5.41) is 4.00. The summed E-state index contributed by atoms with van der Waals surface area (Å²) < 4.78 is 0. The number of aromatic nitrogens is 1. The Hall–Kier alpha value is -2.70. The SMILES string of the molecule is O=C(NNC(=O)c1c[nH]c2ccccc12)Nc1ccc(Cl)c(Cl)c1. The van der Waals surface area contributed by atoms with Gasteiger partial charge in [-0.2, -0.15) is 0 Å². The number of H-pyrrole nitrogens is 1. The van der Waals surface area contributed by atoms with Gasteiger partial charge in [-0.05, 0) is 24.3 Å². The number of nitrogens with one attached hydrogen (secondary N) is 4. The maximum Gasteiger partial charge on any atom is 0.337 e. The molecule has 0 aliphatic heterocycles. The summed E-state index contributed by atoms with van der Waals surface area (Å²) in [4.78, 5) is 27.0. The summed E-state index contributed by atoms with van der Waals surface area (Å²) in [6, 6.07) is 11.4. The molecule has 1 heterocycles. The number of halogens is 2. The van der Waals surface area contributed by atoms with Crippen molar-refractivity contribution in [2.45, 2.75) is 0 Å². The van der Waals surface area contributed by atoms with Gasteiger partial charge in [0.1, 0.15) is 0 Å². The van der Waals surface area contributed by atoms with Crippen molar-refractivity contribution >= 4 is 51.7 Å². The van der Waals surface area contributed by atoms with E-state index in [0.717, 1.165) is 10.9 Å². The van der Waals surface area contributed by atoms with Gasteiger partial charge in [-0.1, -0.05) is 41.4 Å². The number of carbonyl (C=O) groups excluding carboxylic acids is 2. The van der Waals surface area contributed by atoms with Crippen molar-refractivity contribution in [3.8, 4) is 0 Å². The number of urea groups is 1. The van der Waals surface area contributed by atoms with Crippen LogP contribution in [0, 0.1) is 0 Å². The molecule has 3 amide bonds. The second-order valence-corrected chi connectivity index (χ2v) is 5.72. The number of fused-ring (bicyclic) bond motifs is 1. The lowest BCUT2D eigenvalue weighted by Crippen LogP contribution is -2.43. The second kappa shape index (κ2) is 6.82. The molecule has 0 saturated carbocycles. The highest BCUT2D eigenvalue weighted by Gasteiger charge is 2.12. The Kier molecular flexibility index (Phi) is 4.59. The van der Waals surface area contributed by atoms with Crippen LogP contribution in [0.1, 0.15) is 10.4 Å². The Bertz CT molecular complexity index is 923. The van der Waals surface area contributed by atoms with Gasteiger partial charge in [-0.3, -0.25) is 10.2 Å². The van der Waals surface area contributed by atoms with Crippen LogP contribution in [-0.4, -0.2) is 16.9 Å². The van der Waals surface area contributed by atoms with Crippen LogP contribution in [0.15, 0.2) is 48.7 Å². The van der Waals surface area contributed by atoms with E-state index in [1.165, 1.54) is 6.07 Å². The van der Waals surface area contributed by atoms with Crippen LogP contribution in [0.3, 0.4) is 0 Å². The van der Waals surface area contributed by atoms with Gasteiger partial charge in [0.05, 0.1) is 15.6 Å². The van der Waals surface area contributed by atoms with E-state index in [0.29, 0.717) is 21.3 Å². The third-order valence-electron chi connectivity index (χ3n) is 3.30. The van der Waals surface area contributed by atoms with Gasteiger partial charge >= 0.3 is 6.03 Å². The molecule has 0 bridgehead atoms. The summed E-state index contributed by atoms with van der Waals surface area (Å²) in [7, 11) is 0. The predicted molar refractivity (Wildman–Crippen MR) is 94.4 cm³/mol. The Morgan fingerprint density at radius 1 is 0.958 bits per heavy atom. The van der Waals surface area contributed by atoms with E-state index in [9.17, 15) is 9.59 Å². The summed E-state index contributed by atoms with van der Waals surface area (Å²) in [6.45, 7) is 0. The summed E-state index contributed by atoms with van der Waals surface area (Å²) in [6.07, 6.45) is 1.58. The van der Waals surface area contributed by atoms with Crippen LogP contribution in [0.25, 0.3) is 10.9 Å². The van der Waals surface area contributed by atoms with E-state index in [2.05, 4.69) is 21.2 Å². The lowest BCUT2D eigenvalue weighted by Gasteiger charge is -2.09. The number of aromatic amines is 1. The molecule has 0 fully saturated rings. The smallest absolute Gasteiger partial charge is 0.337 e. The van der Waals surface area contributed by atoms with Crippen LogP contribution in [0.2, 0.25) is 10.0 Å². The van der Waals surface area contributed by atoms with Gasteiger partial charge in [-0.25, -0.2) is 10.2 Å². The minimum Gasteiger partial charge on any atom is -0.360 e. The number of hydrogen-bond acceptors (Lipinski definition) is 2. The molecule has 0 unspecified atom stereocenters. The number of benzene rings is 2. The summed E-state index contributed by atoms with van der Waals surface area (Å²) >= 11 is 11.7. The van der Waals surface area contributed by atoms with E-state index in [-0.39, 0.29) is 0 Å². The van der Waals surface area contributed by atoms with Crippen molar-refractivity contribution in [3.63, 3.8) is 0 Å². The number of hydrazine groups is 1. The van der Waals surface area contributed by atoms with Crippen molar-refractivity contribution in [1.29, 1.82) is 0 Å². The standard InChI is InChI=1S/C16H12Cl2N4O2/c17-12-6-5-9(7-13(12)18)20-16(24)22-21-15(23)11-8-19-14-4-2-1-3-10(11)14/h1-8,19H,(H,21,23)(H2,20,22,24). The molecule has 1 aromatic heterocycles. The van der Waals surface area contributed by atoms with E-state index in [1.54, 1.807) is 18.3 Å². The monoisotopic (exact) mass is 362 g/mol. The minimum atomic E-state index is -0.610. The van der Waals surface area contributed by atoms with Crippen molar-refractivity contribution in [2.75, 3.05) is 5.32 Å². The van der Waals surface area contributed by atoms with Crippen LogP contribution >= 0.6 is 23.2 Å². The summed E-state index contributed by atoms with van der Waals surface area (Å²) in [5.41, 5.74) is 6.34. The fourth-order valence-corrected chi connectivity index (χ4v) is 2.47. The van der Waals surface area contributed by atoms with Crippen molar-refractivity contribution in [3.05, 3.63) is 64.3 Å². The van der Waals surface area contributed by atoms with Gasteiger partial charge in [0, 0.05) is 22.8 Å². The van der Waals surface area contributed by atoms with Gasteiger partial charge in [0.2, 0.25) is 0 Å². The lowest BCUT2D eigenvalue weighted by atomic mass is 10.2. The first-order chi connectivity index (χ1) is 11.5. The highest BCUT2D eigenvalue weighted by Crippen LogP contribution is 2.24. The van der Waals surface area contributed by atoms with Crippen LogP contribution < -0.4 is 16.2 Å². The molecule has 8 heteroatoms. The zero-order valence-corrected chi connectivity index (χ0v) is 13.7. The molecule has 24 heavy (non-hydrogen) atoms. The molecule has 3 aromatic rings. The number of para-hydroxylation sites is 1. The van der Waals surface area contributed by atoms with Crippen LogP contribution in [0.5, 0.6) is 0 Å². The number of anilines is 1. The van der Waals surface area contributed by atoms with E-state index in [1.807, 2.05) is 24.3 Å². The zero-order valence-electron chi connectivity index (χ0n) is 12.2. The average Bonchev–Trinajstić information content (AvgIpc) is 3.00. The number of amides is 3. The maximum atomic E-state index is 12.2. The Morgan fingerprint density at radius 2 is 1.75 bits per heavy atom. The van der Waals surface area contributed by atoms with Gasteiger partial charge in [0.25, 0.3) is 5.91 Å². The van der Waals surface area contributed by atoms with Crippen LogP contribution in [0.4, 0.5) is 10.5 Å². The van der Waals surface area contributed by atoms with Crippen molar-refractivity contribution in [2.24, 2.45) is 0 Å². The third kappa shape index (κ3) is 3.45. The molecular weight excluding hydrogens is 351 g/mol. The molecule has 122 valence electrons. The van der Waals surface area contributed by atoms with Crippen LogP contribution in [-0.2, 0) is 0 Å². The molecule has 3 rings (SSSR count). The lowest BCUT2D eigenvalue weighted by molar-refractivity contribution is 0.0939. The molecule has 0 atom stereocenters. The normalized spacial score (nSPS) is 10.4. The van der Waals surface area contributed by atoms with Crippen molar-refractivity contribution < 1.29 is 9.59 Å². The molecule has 0 spiro atoms. The quantitative estimate of drug-likeness (QED) is 0.520. The fourth-order valence-electron chi connectivity index (χ4n) is 2.18. The Balaban J connectivity index is 1.61. The minimum absolute atomic E-state index is 0.317. The maximum absolute atomic E-state index is 12.2. The zero-order chi connectivity index (χ0) is 17.1. The molecule has 6 nitrogen and oxygen atoms in total. The molecule has 0 aliphatic carbocycles. The third-order valence-corrected chi connectivity index (χ3v) is 4.04. The molecule has 0 saturated heterocycles. The molecule has 0 aliphatic rings. The Labute approximate surface area is 147 Å². The predicted octanol–water partition coefficient (Wildman–Crippen LogP) is 3.94. The van der Waals surface area contributed by atoms with E-state index < -0.39 is 11.9 Å². The first-order valence-corrected chi connectivity index (χ1v) is 7.68. The van der Waals surface area contributed by atoms with E-state index >= 15 is 0 Å².